The molecule has 9 heteroatoms. The number of hydrogen-bond donors (Lipinski definition) is 1. The molecule has 0 spiro atoms. The molecule has 0 aromatic heterocycles. The summed E-state index contributed by atoms with van der Waals surface area (Å²) in [4.78, 5) is 28.0. The molecule has 0 aliphatic rings. The summed E-state index contributed by atoms with van der Waals surface area (Å²) in [6, 6.07) is 12.4. The summed E-state index contributed by atoms with van der Waals surface area (Å²) in [6.07, 6.45) is 3.67. The highest BCUT2D eigenvalue weighted by atomic mass is 32.2. The second kappa shape index (κ2) is 14.0. The fourth-order valence-electron chi connectivity index (χ4n) is 4.04. The summed E-state index contributed by atoms with van der Waals surface area (Å²) in [5, 5.41) is 2.94. The molecule has 2 amide bonds. The van der Waals surface area contributed by atoms with E-state index < -0.39 is 21.9 Å². The fourth-order valence-corrected chi connectivity index (χ4v) is 5.01. The minimum absolute atomic E-state index is 0.0635. The zero-order chi connectivity index (χ0) is 26.7. The van der Waals surface area contributed by atoms with Gasteiger partial charge < -0.3 is 10.2 Å². The van der Waals surface area contributed by atoms with Crippen molar-refractivity contribution in [1.29, 1.82) is 0 Å². The third-order valence-electron chi connectivity index (χ3n) is 5.92. The summed E-state index contributed by atoms with van der Waals surface area (Å²) in [6.45, 7) is 6.80. The van der Waals surface area contributed by atoms with Gasteiger partial charge in [-0.1, -0.05) is 50.1 Å². The first-order valence-corrected chi connectivity index (χ1v) is 14.3. The highest BCUT2D eigenvalue weighted by Crippen LogP contribution is 2.20. The molecular formula is C27H38FN3O4S. The molecule has 7 nitrogen and oxygen atoms in total. The van der Waals surface area contributed by atoms with E-state index in [0.29, 0.717) is 18.7 Å². The Bertz CT molecular complexity index is 1110. The number of carbonyl (C=O) groups is 2. The van der Waals surface area contributed by atoms with Crippen LogP contribution in [-0.2, 0) is 26.2 Å². The van der Waals surface area contributed by atoms with Crippen LogP contribution in [0.15, 0.2) is 48.5 Å². The van der Waals surface area contributed by atoms with Crippen LogP contribution in [0.25, 0.3) is 0 Å². The Labute approximate surface area is 214 Å². The SMILES string of the molecule is CCCCNC(=O)[C@H](CC)N(Cc1cccc(C)c1)C(=O)CCCN(c1ccc(F)cc1)S(C)(=O)=O. The van der Waals surface area contributed by atoms with Crippen molar-refractivity contribution in [3.8, 4) is 0 Å². The van der Waals surface area contributed by atoms with Crippen LogP contribution in [0.2, 0.25) is 0 Å². The maximum absolute atomic E-state index is 13.4. The van der Waals surface area contributed by atoms with E-state index in [1.54, 1.807) is 4.90 Å². The molecule has 1 atom stereocenters. The van der Waals surface area contributed by atoms with E-state index in [9.17, 15) is 22.4 Å². The molecule has 0 fully saturated rings. The molecule has 0 unspecified atom stereocenters. The van der Waals surface area contributed by atoms with Crippen LogP contribution in [0, 0.1) is 12.7 Å². The van der Waals surface area contributed by atoms with Gasteiger partial charge in [0.15, 0.2) is 0 Å². The first-order valence-electron chi connectivity index (χ1n) is 12.4. The number of sulfonamides is 1. The molecule has 2 rings (SSSR count). The molecule has 0 bridgehead atoms. The normalized spacial score (nSPS) is 12.1. The topological polar surface area (TPSA) is 86.8 Å². The van der Waals surface area contributed by atoms with Crippen LogP contribution in [0.3, 0.4) is 0 Å². The first kappa shape index (κ1) is 29.3. The maximum Gasteiger partial charge on any atom is 0.242 e. The average molecular weight is 520 g/mol. The van der Waals surface area contributed by atoms with Crippen molar-refractivity contribution in [2.75, 3.05) is 23.7 Å². The van der Waals surface area contributed by atoms with E-state index in [1.165, 1.54) is 28.6 Å². The molecule has 0 aliphatic carbocycles. The van der Waals surface area contributed by atoms with Crippen molar-refractivity contribution >= 4 is 27.5 Å². The predicted octanol–water partition coefficient (Wildman–Crippen LogP) is 4.40. The van der Waals surface area contributed by atoms with Crippen molar-refractivity contribution in [2.45, 2.75) is 65.5 Å². The number of amides is 2. The molecule has 2 aromatic rings. The first-order chi connectivity index (χ1) is 17.1. The van der Waals surface area contributed by atoms with Gasteiger partial charge in [0.25, 0.3) is 0 Å². The Morgan fingerprint density at radius 2 is 1.75 bits per heavy atom. The van der Waals surface area contributed by atoms with Gasteiger partial charge in [-0.05, 0) is 56.0 Å². The highest BCUT2D eigenvalue weighted by Gasteiger charge is 2.28. The van der Waals surface area contributed by atoms with Crippen LogP contribution in [0.5, 0.6) is 0 Å². The standard InChI is InChI=1S/C27H38FN3O4S/c1-5-7-17-29-27(33)25(6-2)30(20-22-11-8-10-21(3)19-22)26(32)12-9-18-31(36(4,34)35)24-15-13-23(28)14-16-24/h8,10-11,13-16,19,25H,5-7,9,12,17-18,20H2,1-4H3,(H,29,33)/t25-/m0/s1. The number of rotatable bonds is 14. The van der Waals surface area contributed by atoms with E-state index in [2.05, 4.69) is 5.32 Å². The smallest absolute Gasteiger partial charge is 0.242 e. The van der Waals surface area contributed by atoms with Crippen LogP contribution in [0.4, 0.5) is 10.1 Å². The zero-order valence-electron chi connectivity index (χ0n) is 21.7. The molecule has 1 N–H and O–H groups in total. The van der Waals surface area contributed by atoms with Crippen LogP contribution in [0.1, 0.15) is 57.1 Å². The summed E-state index contributed by atoms with van der Waals surface area (Å²) < 4.78 is 39.2. The Kier molecular flexibility index (Phi) is 11.4. The molecule has 0 heterocycles. The number of hydrogen-bond acceptors (Lipinski definition) is 4. The lowest BCUT2D eigenvalue weighted by atomic mass is 10.1. The van der Waals surface area contributed by atoms with Gasteiger partial charge in [-0.2, -0.15) is 0 Å². The van der Waals surface area contributed by atoms with E-state index in [0.717, 1.165) is 30.2 Å². The molecule has 0 radical (unpaired) electrons. The lowest BCUT2D eigenvalue weighted by Gasteiger charge is -2.31. The van der Waals surface area contributed by atoms with Gasteiger partial charge in [0.05, 0.1) is 11.9 Å². The molecule has 2 aromatic carbocycles. The van der Waals surface area contributed by atoms with Gasteiger partial charge >= 0.3 is 0 Å². The number of nitrogens with zero attached hydrogens (tertiary/aromatic N) is 2. The van der Waals surface area contributed by atoms with Crippen molar-refractivity contribution < 1.29 is 22.4 Å². The summed E-state index contributed by atoms with van der Waals surface area (Å²) in [7, 11) is -3.63. The minimum atomic E-state index is -3.63. The summed E-state index contributed by atoms with van der Waals surface area (Å²) in [5.41, 5.74) is 2.32. The Morgan fingerprint density at radius 3 is 2.33 bits per heavy atom. The zero-order valence-corrected chi connectivity index (χ0v) is 22.5. The predicted molar refractivity (Wildman–Crippen MR) is 142 cm³/mol. The van der Waals surface area contributed by atoms with Gasteiger partial charge in [0.1, 0.15) is 11.9 Å². The van der Waals surface area contributed by atoms with Crippen LogP contribution in [-0.4, -0.2) is 50.5 Å². The molecule has 0 saturated carbocycles. The van der Waals surface area contributed by atoms with Gasteiger partial charge in [-0.25, -0.2) is 12.8 Å². The summed E-state index contributed by atoms with van der Waals surface area (Å²) >= 11 is 0. The number of halogens is 1. The summed E-state index contributed by atoms with van der Waals surface area (Å²) in [5.74, 6) is -0.866. The Morgan fingerprint density at radius 1 is 1.06 bits per heavy atom. The largest absolute Gasteiger partial charge is 0.354 e. The van der Waals surface area contributed by atoms with E-state index in [1.807, 2.05) is 45.0 Å². The molecule has 0 saturated heterocycles. The third-order valence-corrected chi connectivity index (χ3v) is 7.11. The highest BCUT2D eigenvalue weighted by molar-refractivity contribution is 7.92. The minimum Gasteiger partial charge on any atom is -0.354 e. The van der Waals surface area contributed by atoms with Gasteiger partial charge in [0.2, 0.25) is 21.8 Å². The van der Waals surface area contributed by atoms with E-state index in [4.69, 9.17) is 0 Å². The Hall–Kier alpha value is -2.94. The lowest BCUT2D eigenvalue weighted by molar-refractivity contribution is -0.141. The van der Waals surface area contributed by atoms with Crippen molar-refractivity contribution in [3.63, 3.8) is 0 Å². The third kappa shape index (κ3) is 8.93. The molecule has 0 aliphatic heterocycles. The maximum atomic E-state index is 13.4. The number of unbranched alkanes of at least 4 members (excludes halogenated alkanes) is 1. The molecular weight excluding hydrogens is 481 g/mol. The van der Waals surface area contributed by atoms with Crippen molar-refractivity contribution in [2.24, 2.45) is 0 Å². The van der Waals surface area contributed by atoms with Crippen LogP contribution >= 0.6 is 0 Å². The second-order valence-corrected chi connectivity index (χ2v) is 10.9. The van der Waals surface area contributed by atoms with Crippen molar-refractivity contribution in [1.82, 2.24) is 10.2 Å². The quantitative estimate of drug-likeness (QED) is 0.375. The number of aryl methyl sites for hydroxylation is 1. The number of nitrogens with one attached hydrogen (secondary N) is 1. The number of benzene rings is 2. The number of anilines is 1. The lowest BCUT2D eigenvalue weighted by Crippen LogP contribution is -2.49. The molecule has 198 valence electrons. The average Bonchev–Trinajstić information content (AvgIpc) is 2.82. The van der Waals surface area contributed by atoms with Crippen LogP contribution < -0.4 is 9.62 Å². The van der Waals surface area contributed by atoms with E-state index in [-0.39, 0.29) is 37.7 Å². The monoisotopic (exact) mass is 519 g/mol. The van der Waals surface area contributed by atoms with Gasteiger partial charge in [0, 0.05) is 26.1 Å². The van der Waals surface area contributed by atoms with Crippen molar-refractivity contribution in [3.05, 3.63) is 65.5 Å². The molecule has 36 heavy (non-hydrogen) atoms. The fraction of sp³-hybridized carbons (Fsp3) is 0.481. The second-order valence-electron chi connectivity index (χ2n) is 8.99. The Balaban J connectivity index is 2.19. The van der Waals surface area contributed by atoms with E-state index >= 15 is 0 Å². The number of carbonyl (C=O) groups excluding carboxylic acids is 2. The van der Waals surface area contributed by atoms with Gasteiger partial charge in [-0.3, -0.25) is 13.9 Å². The van der Waals surface area contributed by atoms with Gasteiger partial charge in [-0.15, -0.1) is 0 Å².